The molecule has 0 radical (unpaired) electrons. The lowest BCUT2D eigenvalue weighted by Crippen LogP contribution is -2.19. The van der Waals surface area contributed by atoms with Crippen molar-refractivity contribution in [3.05, 3.63) is 59.7 Å². The summed E-state index contributed by atoms with van der Waals surface area (Å²) in [7, 11) is 0. The molecule has 2 aromatic rings. The highest BCUT2D eigenvalue weighted by molar-refractivity contribution is 5.84. The van der Waals surface area contributed by atoms with Gasteiger partial charge in [0.1, 0.15) is 11.6 Å². The Morgan fingerprint density at radius 2 is 1.63 bits per heavy atom. The highest BCUT2D eigenvalue weighted by Gasteiger charge is 2.17. The number of rotatable bonds is 3. The van der Waals surface area contributed by atoms with Crippen LogP contribution in [0.1, 0.15) is 18.4 Å². The molecule has 0 aliphatic carbocycles. The molecule has 0 aliphatic rings. The van der Waals surface area contributed by atoms with Crippen molar-refractivity contribution in [3.8, 4) is 11.1 Å². The van der Waals surface area contributed by atoms with E-state index >= 15 is 0 Å². The summed E-state index contributed by atoms with van der Waals surface area (Å²) in [6.45, 7) is 1.62. The number of benzene rings is 2. The van der Waals surface area contributed by atoms with Crippen LogP contribution in [0.15, 0.2) is 42.5 Å². The quantitative estimate of drug-likeness (QED) is 0.905. The lowest BCUT2D eigenvalue weighted by Gasteiger charge is -2.14. The summed E-state index contributed by atoms with van der Waals surface area (Å²) in [6.07, 6.45) is 0. The third kappa shape index (κ3) is 2.78. The SMILES string of the molecule is CC(C(N)=O)c1cc(F)ccc1-c1ccc(F)cc1. The Bertz CT molecular complexity index is 608. The van der Waals surface area contributed by atoms with Gasteiger partial charge >= 0.3 is 0 Å². The fourth-order valence-electron chi connectivity index (χ4n) is 1.94. The van der Waals surface area contributed by atoms with Crippen LogP contribution in [-0.4, -0.2) is 5.91 Å². The third-order valence-electron chi connectivity index (χ3n) is 3.06. The van der Waals surface area contributed by atoms with E-state index in [1.165, 1.54) is 24.3 Å². The van der Waals surface area contributed by atoms with E-state index in [1.807, 2.05) is 0 Å². The van der Waals surface area contributed by atoms with Gasteiger partial charge in [-0.1, -0.05) is 18.2 Å². The Morgan fingerprint density at radius 1 is 1.05 bits per heavy atom. The molecule has 0 aliphatic heterocycles. The van der Waals surface area contributed by atoms with Gasteiger partial charge in [-0.25, -0.2) is 8.78 Å². The van der Waals surface area contributed by atoms with E-state index in [2.05, 4.69) is 0 Å². The van der Waals surface area contributed by atoms with Gasteiger partial charge in [-0.15, -0.1) is 0 Å². The molecule has 19 heavy (non-hydrogen) atoms. The average molecular weight is 261 g/mol. The van der Waals surface area contributed by atoms with Crippen molar-refractivity contribution >= 4 is 5.91 Å². The van der Waals surface area contributed by atoms with E-state index < -0.39 is 17.6 Å². The highest BCUT2D eigenvalue weighted by atomic mass is 19.1. The van der Waals surface area contributed by atoms with Crippen molar-refractivity contribution in [3.63, 3.8) is 0 Å². The minimum atomic E-state index is -0.615. The Balaban J connectivity index is 2.56. The summed E-state index contributed by atoms with van der Waals surface area (Å²) in [5.41, 5.74) is 7.15. The van der Waals surface area contributed by atoms with E-state index in [9.17, 15) is 13.6 Å². The first-order chi connectivity index (χ1) is 8.99. The van der Waals surface area contributed by atoms with Gasteiger partial charge < -0.3 is 5.73 Å². The van der Waals surface area contributed by atoms with Crippen LogP contribution in [0.2, 0.25) is 0 Å². The van der Waals surface area contributed by atoms with Crippen molar-refractivity contribution in [2.75, 3.05) is 0 Å². The van der Waals surface area contributed by atoms with Crippen LogP contribution in [0.25, 0.3) is 11.1 Å². The normalized spacial score (nSPS) is 12.2. The maximum atomic E-state index is 13.3. The van der Waals surface area contributed by atoms with Crippen molar-refractivity contribution < 1.29 is 13.6 Å². The Morgan fingerprint density at radius 3 is 2.21 bits per heavy atom. The van der Waals surface area contributed by atoms with Crippen LogP contribution in [0.5, 0.6) is 0 Å². The topological polar surface area (TPSA) is 43.1 Å². The molecule has 0 bridgehead atoms. The first-order valence-electron chi connectivity index (χ1n) is 5.83. The van der Waals surface area contributed by atoms with Gasteiger partial charge in [0.15, 0.2) is 0 Å². The molecule has 1 unspecified atom stereocenters. The fraction of sp³-hybridized carbons (Fsp3) is 0.133. The second-order valence-corrected chi connectivity index (χ2v) is 4.36. The smallest absolute Gasteiger partial charge is 0.224 e. The highest BCUT2D eigenvalue weighted by Crippen LogP contribution is 2.30. The lowest BCUT2D eigenvalue weighted by molar-refractivity contribution is -0.119. The van der Waals surface area contributed by atoms with Gasteiger partial charge in [0.25, 0.3) is 0 Å². The number of hydrogen-bond acceptors (Lipinski definition) is 1. The van der Waals surface area contributed by atoms with E-state index in [0.29, 0.717) is 16.7 Å². The number of hydrogen-bond donors (Lipinski definition) is 1. The number of nitrogens with two attached hydrogens (primary N) is 1. The summed E-state index contributed by atoms with van der Waals surface area (Å²) in [6, 6.07) is 9.95. The number of carbonyl (C=O) groups is 1. The van der Waals surface area contributed by atoms with Gasteiger partial charge in [0.2, 0.25) is 5.91 Å². The predicted octanol–water partition coefficient (Wildman–Crippen LogP) is 3.22. The molecule has 0 saturated heterocycles. The molecule has 0 spiro atoms. The molecule has 0 fully saturated rings. The molecule has 0 heterocycles. The molecule has 98 valence electrons. The maximum absolute atomic E-state index is 13.3. The molecule has 2 nitrogen and oxygen atoms in total. The third-order valence-corrected chi connectivity index (χ3v) is 3.06. The van der Waals surface area contributed by atoms with Gasteiger partial charge in [0.05, 0.1) is 5.92 Å². The molecule has 2 aromatic carbocycles. The number of halogens is 2. The van der Waals surface area contributed by atoms with Crippen molar-refractivity contribution in [1.82, 2.24) is 0 Å². The van der Waals surface area contributed by atoms with Gasteiger partial charge in [-0.05, 0) is 47.9 Å². The summed E-state index contributed by atoms with van der Waals surface area (Å²) in [4.78, 5) is 11.3. The lowest BCUT2D eigenvalue weighted by atomic mass is 9.91. The van der Waals surface area contributed by atoms with Crippen molar-refractivity contribution in [2.24, 2.45) is 5.73 Å². The second-order valence-electron chi connectivity index (χ2n) is 4.36. The van der Waals surface area contributed by atoms with E-state index in [0.717, 1.165) is 0 Å². The number of carbonyl (C=O) groups excluding carboxylic acids is 1. The zero-order chi connectivity index (χ0) is 14.0. The molecular formula is C15H13F2NO. The minimum absolute atomic E-state index is 0.352. The summed E-state index contributed by atoms with van der Waals surface area (Å²) in [5, 5.41) is 0. The van der Waals surface area contributed by atoms with Crippen LogP contribution >= 0.6 is 0 Å². The zero-order valence-corrected chi connectivity index (χ0v) is 10.4. The molecule has 4 heteroatoms. The van der Waals surface area contributed by atoms with Crippen LogP contribution in [-0.2, 0) is 4.79 Å². The second kappa shape index (κ2) is 5.18. The molecule has 0 saturated carbocycles. The molecule has 0 aromatic heterocycles. The largest absolute Gasteiger partial charge is 0.369 e. The van der Waals surface area contributed by atoms with Gasteiger partial charge in [0, 0.05) is 0 Å². The monoisotopic (exact) mass is 261 g/mol. The first-order valence-corrected chi connectivity index (χ1v) is 5.83. The Kier molecular flexibility index (Phi) is 3.60. The van der Waals surface area contributed by atoms with Crippen LogP contribution < -0.4 is 5.73 Å². The molecule has 1 atom stereocenters. The Hall–Kier alpha value is -2.23. The molecule has 2 rings (SSSR count). The predicted molar refractivity (Wildman–Crippen MR) is 69.4 cm³/mol. The average Bonchev–Trinajstić information content (AvgIpc) is 2.39. The first kappa shape index (κ1) is 13.2. The van der Waals surface area contributed by atoms with E-state index in [4.69, 9.17) is 5.73 Å². The zero-order valence-electron chi connectivity index (χ0n) is 10.4. The summed E-state index contributed by atoms with van der Waals surface area (Å²) in [5.74, 6) is -1.94. The standard InChI is InChI=1S/C15H13F2NO/c1-9(15(18)19)14-8-12(17)6-7-13(14)10-2-4-11(16)5-3-10/h2-9H,1H3,(H2,18,19). The molecule has 2 N–H and O–H groups in total. The van der Waals surface area contributed by atoms with Crippen LogP contribution in [0, 0.1) is 11.6 Å². The van der Waals surface area contributed by atoms with Crippen molar-refractivity contribution in [1.29, 1.82) is 0 Å². The van der Waals surface area contributed by atoms with E-state index in [1.54, 1.807) is 25.1 Å². The minimum Gasteiger partial charge on any atom is -0.369 e. The molecular weight excluding hydrogens is 248 g/mol. The summed E-state index contributed by atoms with van der Waals surface area (Å²) < 4.78 is 26.3. The summed E-state index contributed by atoms with van der Waals surface area (Å²) >= 11 is 0. The van der Waals surface area contributed by atoms with Crippen LogP contribution in [0.3, 0.4) is 0 Å². The van der Waals surface area contributed by atoms with Gasteiger partial charge in [-0.3, -0.25) is 4.79 Å². The Labute approximate surface area is 109 Å². The van der Waals surface area contributed by atoms with E-state index in [-0.39, 0.29) is 5.82 Å². The molecule has 1 amide bonds. The van der Waals surface area contributed by atoms with Gasteiger partial charge in [-0.2, -0.15) is 0 Å². The number of amides is 1. The fourth-order valence-corrected chi connectivity index (χ4v) is 1.94. The maximum Gasteiger partial charge on any atom is 0.224 e. The van der Waals surface area contributed by atoms with Crippen molar-refractivity contribution in [2.45, 2.75) is 12.8 Å². The van der Waals surface area contributed by atoms with Crippen LogP contribution in [0.4, 0.5) is 8.78 Å². The number of primary amides is 1.